The number of halogens is 1. The number of hydrogen-bond acceptors (Lipinski definition) is 4. The number of methoxy groups -OCH3 is 1. The van der Waals surface area contributed by atoms with Crippen molar-refractivity contribution in [3.8, 4) is 0 Å². The lowest BCUT2D eigenvalue weighted by Gasteiger charge is -2.25. The highest BCUT2D eigenvalue weighted by molar-refractivity contribution is 14.0. The molecule has 2 N–H and O–H groups in total. The van der Waals surface area contributed by atoms with E-state index in [1.54, 1.807) is 18.4 Å². The van der Waals surface area contributed by atoms with Gasteiger partial charge in [-0.15, -0.1) is 35.3 Å². The number of aliphatic imine (C=N–C) groups is 1. The Morgan fingerprint density at radius 3 is 2.67 bits per heavy atom. The number of ether oxygens (including phenoxy) is 1. The van der Waals surface area contributed by atoms with Crippen LogP contribution in [-0.2, 0) is 10.2 Å². The van der Waals surface area contributed by atoms with E-state index in [-0.39, 0.29) is 29.4 Å². The molecule has 0 atom stereocenters. The van der Waals surface area contributed by atoms with E-state index in [1.165, 1.54) is 4.88 Å². The quantitative estimate of drug-likeness (QED) is 0.240. The van der Waals surface area contributed by atoms with Gasteiger partial charge in [0.05, 0.1) is 6.61 Å². The first-order valence-corrected chi connectivity index (χ1v) is 9.03. The highest BCUT2D eigenvalue weighted by Gasteiger charge is 2.21. The molecule has 1 aromatic rings. The Labute approximate surface area is 168 Å². The van der Waals surface area contributed by atoms with Gasteiger partial charge in [0, 0.05) is 44.1 Å². The third-order valence-electron chi connectivity index (χ3n) is 3.80. The van der Waals surface area contributed by atoms with E-state index in [0.717, 1.165) is 45.2 Å². The van der Waals surface area contributed by atoms with Gasteiger partial charge >= 0.3 is 0 Å². The first-order valence-electron chi connectivity index (χ1n) is 8.15. The second-order valence-electron chi connectivity index (χ2n) is 6.36. The number of nitrogens with one attached hydrogen (secondary N) is 2. The minimum atomic E-state index is 0. The van der Waals surface area contributed by atoms with Gasteiger partial charge in [-0.2, -0.15) is 0 Å². The molecule has 1 heterocycles. The van der Waals surface area contributed by atoms with Crippen molar-refractivity contribution in [1.29, 1.82) is 0 Å². The van der Waals surface area contributed by atoms with Crippen LogP contribution in [0.15, 0.2) is 22.5 Å². The van der Waals surface area contributed by atoms with Crippen molar-refractivity contribution in [3.05, 3.63) is 22.4 Å². The summed E-state index contributed by atoms with van der Waals surface area (Å²) >= 11 is 1.80. The molecule has 0 unspecified atom stereocenters. The molecule has 1 rings (SSSR count). The Balaban J connectivity index is 0.00000529. The Kier molecular flexibility index (Phi) is 12.7. The van der Waals surface area contributed by atoms with Crippen LogP contribution < -0.4 is 10.6 Å². The first kappa shape index (κ1) is 23.6. The van der Waals surface area contributed by atoms with Crippen molar-refractivity contribution < 1.29 is 4.74 Å². The largest absolute Gasteiger partial charge is 0.383 e. The summed E-state index contributed by atoms with van der Waals surface area (Å²) in [5, 5.41) is 8.94. The van der Waals surface area contributed by atoms with Gasteiger partial charge in [0.25, 0.3) is 0 Å². The average molecular weight is 468 g/mol. The van der Waals surface area contributed by atoms with Crippen LogP contribution in [0.3, 0.4) is 0 Å². The normalized spacial score (nSPS) is 12.2. The molecule has 5 nitrogen and oxygen atoms in total. The predicted molar refractivity (Wildman–Crippen MR) is 116 cm³/mol. The lowest BCUT2D eigenvalue weighted by Crippen LogP contribution is -2.43. The van der Waals surface area contributed by atoms with Gasteiger partial charge in [-0.1, -0.05) is 19.9 Å². The van der Waals surface area contributed by atoms with Crippen LogP contribution in [0.4, 0.5) is 0 Å². The molecular formula is C17H33IN4OS. The molecule has 0 aliphatic carbocycles. The van der Waals surface area contributed by atoms with Crippen molar-refractivity contribution in [2.75, 3.05) is 54.0 Å². The van der Waals surface area contributed by atoms with E-state index in [2.05, 4.69) is 58.9 Å². The van der Waals surface area contributed by atoms with Gasteiger partial charge in [0.15, 0.2) is 5.96 Å². The van der Waals surface area contributed by atoms with Gasteiger partial charge < -0.3 is 20.3 Å². The van der Waals surface area contributed by atoms with Crippen molar-refractivity contribution in [1.82, 2.24) is 15.5 Å². The van der Waals surface area contributed by atoms with E-state index < -0.39 is 0 Å². The highest BCUT2D eigenvalue weighted by Crippen LogP contribution is 2.26. The topological polar surface area (TPSA) is 48.9 Å². The molecule has 1 aromatic heterocycles. The molecule has 0 saturated heterocycles. The number of likely N-dealkylation sites (N-methyl/N-ethyl adjacent to an activating group) is 1. The summed E-state index contributed by atoms with van der Waals surface area (Å²) in [7, 11) is 5.68. The molecule has 24 heavy (non-hydrogen) atoms. The molecule has 0 bridgehead atoms. The summed E-state index contributed by atoms with van der Waals surface area (Å²) in [5.74, 6) is 0.870. The van der Waals surface area contributed by atoms with Crippen LogP contribution in [0, 0.1) is 0 Å². The summed E-state index contributed by atoms with van der Waals surface area (Å²) in [4.78, 5) is 7.97. The number of rotatable bonds is 10. The van der Waals surface area contributed by atoms with Gasteiger partial charge in [-0.3, -0.25) is 4.99 Å². The van der Waals surface area contributed by atoms with Crippen LogP contribution in [-0.4, -0.2) is 64.9 Å². The SMILES string of the molecule is CN=C(NCCCN(C)CCOC)NCC(C)(C)c1cccs1.I. The third-order valence-corrected chi connectivity index (χ3v) is 5.03. The molecule has 0 aliphatic heterocycles. The zero-order chi connectivity index (χ0) is 17.1. The van der Waals surface area contributed by atoms with Gasteiger partial charge in [0.1, 0.15) is 0 Å². The van der Waals surface area contributed by atoms with E-state index in [9.17, 15) is 0 Å². The number of thiophene rings is 1. The van der Waals surface area contributed by atoms with E-state index >= 15 is 0 Å². The van der Waals surface area contributed by atoms with Crippen LogP contribution >= 0.6 is 35.3 Å². The monoisotopic (exact) mass is 468 g/mol. The number of hydrogen-bond donors (Lipinski definition) is 2. The maximum absolute atomic E-state index is 5.08. The fourth-order valence-electron chi connectivity index (χ4n) is 2.19. The van der Waals surface area contributed by atoms with Gasteiger partial charge in [-0.05, 0) is 31.5 Å². The predicted octanol–water partition coefficient (Wildman–Crippen LogP) is 2.78. The Morgan fingerprint density at radius 1 is 1.33 bits per heavy atom. The molecule has 0 aliphatic rings. The minimum Gasteiger partial charge on any atom is -0.383 e. The second kappa shape index (κ2) is 12.9. The van der Waals surface area contributed by atoms with E-state index in [1.807, 2.05) is 7.05 Å². The summed E-state index contributed by atoms with van der Waals surface area (Å²) in [6.45, 7) is 9.09. The molecule has 140 valence electrons. The molecule has 0 fully saturated rings. The minimum absolute atomic E-state index is 0. The summed E-state index contributed by atoms with van der Waals surface area (Å²) < 4.78 is 5.08. The summed E-state index contributed by atoms with van der Waals surface area (Å²) in [5.41, 5.74) is 0.103. The fraction of sp³-hybridized carbons (Fsp3) is 0.706. The molecule has 0 radical (unpaired) electrons. The van der Waals surface area contributed by atoms with Crippen LogP contribution in [0.2, 0.25) is 0 Å². The molecule has 0 saturated carbocycles. The Bertz CT molecular complexity index is 451. The zero-order valence-corrected chi connectivity index (χ0v) is 18.7. The number of guanidine groups is 1. The lowest BCUT2D eigenvalue weighted by atomic mass is 9.91. The van der Waals surface area contributed by atoms with E-state index in [0.29, 0.717) is 0 Å². The molecule has 0 spiro atoms. The molecular weight excluding hydrogens is 435 g/mol. The Hall–Kier alpha value is -0.380. The summed E-state index contributed by atoms with van der Waals surface area (Å²) in [6, 6.07) is 4.30. The Morgan fingerprint density at radius 2 is 2.08 bits per heavy atom. The van der Waals surface area contributed by atoms with Crippen molar-refractivity contribution in [2.45, 2.75) is 25.7 Å². The van der Waals surface area contributed by atoms with Crippen molar-refractivity contribution in [2.24, 2.45) is 4.99 Å². The van der Waals surface area contributed by atoms with Gasteiger partial charge in [0.2, 0.25) is 0 Å². The van der Waals surface area contributed by atoms with E-state index in [4.69, 9.17) is 4.74 Å². The summed E-state index contributed by atoms with van der Waals surface area (Å²) in [6.07, 6.45) is 1.08. The average Bonchev–Trinajstić information content (AvgIpc) is 3.07. The maximum Gasteiger partial charge on any atom is 0.191 e. The molecule has 0 amide bonds. The zero-order valence-electron chi connectivity index (χ0n) is 15.6. The highest BCUT2D eigenvalue weighted by atomic mass is 127. The molecule has 0 aromatic carbocycles. The fourth-order valence-corrected chi connectivity index (χ4v) is 3.04. The van der Waals surface area contributed by atoms with Crippen LogP contribution in [0.25, 0.3) is 0 Å². The van der Waals surface area contributed by atoms with Crippen LogP contribution in [0.5, 0.6) is 0 Å². The van der Waals surface area contributed by atoms with Crippen molar-refractivity contribution in [3.63, 3.8) is 0 Å². The third kappa shape index (κ3) is 9.19. The lowest BCUT2D eigenvalue weighted by molar-refractivity contribution is 0.161. The maximum atomic E-state index is 5.08. The second-order valence-corrected chi connectivity index (χ2v) is 7.31. The first-order chi connectivity index (χ1) is 11.0. The van der Waals surface area contributed by atoms with Gasteiger partial charge in [-0.25, -0.2) is 0 Å². The van der Waals surface area contributed by atoms with Crippen LogP contribution in [0.1, 0.15) is 25.1 Å². The smallest absolute Gasteiger partial charge is 0.191 e. The molecule has 7 heteroatoms. The number of nitrogens with zero attached hydrogens (tertiary/aromatic N) is 2. The van der Waals surface area contributed by atoms with Crippen molar-refractivity contribution >= 4 is 41.3 Å². The standard InChI is InChI=1S/C17H32N4OS.HI/c1-17(2,15-8-6-13-23-15)14-20-16(18-3)19-9-7-10-21(4)11-12-22-5;/h6,8,13H,7,9-12,14H2,1-5H3,(H2,18,19,20);1H.